The number of hydrogen-bond acceptors (Lipinski definition) is 5. The zero-order valence-corrected chi connectivity index (χ0v) is 17.7. The van der Waals surface area contributed by atoms with Crippen LogP contribution in [0.4, 0.5) is 10.6 Å². The highest BCUT2D eigenvalue weighted by Gasteiger charge is 2.31. The summed E-state index contributed by atoms with van der Waals surface area (Å²) in [6, 6.07) is 11.5. The molecule has 4 heterocycles. The molecule has 0 bridgehead atoms. The quantitative estimate of drug-likeness (QED) is 0.650. The summed E-state index contributed by atoms with van der Waals surface area (Å²) < 4.78 is 2.12. The molecule has 2 aromatic heterocycles. The van der Waals surface area contributed by atoms with Crippen LogP contribution in [0.25, 0.3) is 5.69 Å². The maximum atomic E-state index is 11.3. The van der Waals surface area contributed by atoms with Gasteiger partial charge in [0.25, 0.3) is 0 Å². The smallest absolute Gasteiger partial charge is 0.404 e. The minimum atomic E-state index is -1.04. The van der Waals surface area contributed by atoms with Gasteiger partial charge >= 0.3 is 6.09 Å². The van der Waals surface area contributed by atoms with Crippen molar-refractivity contribution in [1.29, 1.82) is 0 Å². The molecule has 0 radical (unpaired) electrons. The number of amides is 1. The first-order valence-electron chi connectivity index (χ1n) is 10.5. The number of pyridine rings is 1. The number of anilines is 1. The number of fused-ring (bicyclic) bond motifs is 3. The molecule has 2 N–H and O–H groups in total. The predicted octanol–water partition coefficient (Wildman–Crippen LogP) is 3.43. The third-order valence-electron chi connectivity index (χ3n) is 6.09. The molecule has 31 heavy (non-hydrogen) atoms. The molecular weight excluding hydrogens is 416 g/mol. The van der Waals surface area contributed by atoms with Gasteiger partial charge in [-0.1, -0.05) is 17.7 Å². The number of nitrogens with one attached hydrogen (secondary N) is 1. The Morgan fingerprint density at radius 2 is 1.97 bits per heavy atom. The second kappa shape index (κ2) is 8.19. The molecule has 1 saturated heterocycles. The van der Waals surface area contributed by atoms with Crippen molar-refractivity contribution in [2.75, 3.05) is 18.0 Å². The van der Waals surface area contributed by atoms with Gasteiger partial charge in [-0.25, -0.2) is 9.78 Å². The van der Waals surface area contributed by atoms with Gasteiger partial charge in [-0.15, -0.1) is 10.2 Å². The SMILES string of the molecule is O=C(O)NC1Cc2cc(Cl)ccc2-n2c(nnc2C2CCN(c3ccccn3)CC2)C1. The molecule has 3 aromatic rings. The van der Waals surface area contributed by atoms with Gasteiger partial charge in [0.1, 0.15) is 17.5 Å². The first-order chi connectivity index (χ1) is 15.1. The van der Waals surface area contributed by atoms with E-state index in [1.165, 1.54) is 0 Å². The number of carbonyl (C=O) groups is 1. The molecule has 5 rings (SSSR count). The lowest BCUT2D eigenvalue weighted by Gasteiger charge is -2.32. The van der Waals surface area contributed by atoms with Crippen LogP contribution in [-0.2, 0) is 12.8 Å². The average molecular weight is 439 g/mol. The molecule has 0 saturated carbocycles. The summed E-state index contributed by atoms with van der Waals surface area (Å²) in [7, 11) is 0. The van der Waals surface area contributed by atoms with Gasteiger partial charge < -0.3 is 15.3 Å². The normalized spacial score (nSPS) is 18.7. The van der Waals surface area contributed by atoms with Gasteiger partial charge in [0.05, 0.1) is 5.69 Å². The molecule has 1 aromatic carbocycles. The highest BCUT2D eigenvalue weighted by atomic mass is 35.5. The van der Waals surface area contributed by atoms with E-state index in [0.29, 0.717) is 17.9 Å². The third-order valence-corrected chi connectivity index (χ3v) is 6.33. The fraction of sp³-hybridized carbons (Fsp3) is 0.364. The summed E-state index contributed by atoms with van der Waals surface area (Å²) >= 11 is 6.26. The van der Waals surface area contributed by atoms with E-state index in [9.17, 15) is 9.90 Å². The Bertz CT molecular complexity index is 1090. The highest BCUT2D eigenvalue weighted by Crippen LogP contribution is 2.34. The minimum Gasteiger partial charge on any atom is -0.465 e. The van der Waals surface area contributed by atoms with Gasteiger partial charge in [0, 0.05) is 42.7 Å². The second-order valence-electron chi connectivity index (χ2n) is 8.09. The monoisotopic (exact) mass is 438 g/mol. The Balaban J connectivity index is 1.45. The summed E-state index contributed by atoms with van der Waals surface area (Å²) in [6.07, 6.45) is 3.73. The summed E-state index contributed by atoms with van der Waals surface area (Å²) in [5, 5.41) is 21.5. The van der Waals surface area contributed by atoms with Crippen LogP contribution in [0.3, 0.4) is 0 Å². The summed E-state index contributed by atoms with van der Waals surface area (Å²) in [4.78, 5) is 18.1. The fourth-order valence-corrected chi connectivity index (χ4v) is 4.86. The van der Waals surface area contributed by atoms with Crippen LogP contribution in [0.2, 0.25) is 5.02 Å². The van der Waals surface area contributed by atoms with Crippen LogP contribution in [0.15, 0.2) is 42.6 Å². The van der Waals surface area contributed by atoms with E-state index < -0.39 is 6.09 Å². The van der Waals surface area contributed by atoms with E-state index in [2.05, 4.69) is 30.0 Å². The average Bonchev–Trinajstić information content (AvgIpc) is 3.11. The van der Waals surface area contributed by atoms with Gasteiger partial charge in [-0.3, -0.25) is 4.57 Å². The van der Waals surface area contributed by atoms with Crippen LogP contribution in [0.5, 0.6) is 0 Å². The molecule has 2 aliphatic heterocycles. The largest absolute Gasteiger partial charge is 0.465 e. The highest BCUT2D eigenvalue weighted by molar-refractivity contribution is 6.30. The summed E-state index contributed by atoms with van der Waals surface area (Å²) in [5.74, 6) is 2.99. The Kier molecular flexibility index (Phi) is 5.23. The molecule has 1 amide bonds. The molecule has 1 fully saturated rings. The van der Waals surface area contributed by atoms with Gasteiger partial charge in [0.2, 0.25) is 0 Å². The molecule has 160 valence electrons. The van der Waals surface area contributed by atoms with E-state index in [1.807, 2.05) is 42.6 Å². The van der Waals surface area contributed by atoms with Gasteiger partial charge in [-0.05, 0) is 55.2 Å². The molecule has 2 aliphatic rings. The fourth-order valence-electron chi connectivity index (χ4n) is 4.67. The topological polar surface area (TPSA) is 96.2 Å². The minimum absolute atomic E-state index is 0.272. The van der Waals surface area contributed by atoms with Crippen LogP contribution in [0, 0.1) is 0 Å². The third kappa shape index (κ3) is 3.95. The van der Waals surface area contributed by atoms with Crippen molar-refractivity contribution in [2.45, 2.75) is 37.6 Å². The van der Waals surface area contributed by atoms with E-state index in [4.69, 9.17) is 11.6 Å². The Morgan fingerprint density at radius 1 is 1.13 bits per heavy atom. The van der Waals surface area contributed by atoms with Gasteiger partial charge in [-0.2, -0.15) is 0 Å². The molecule has 1 unspecified atom stereocenters. The number of piperidine rings is 1. The molecule has 0 spiro atoms. The second-order valence-corrected chi connectivity index (χ2v) is 8.52. The first-order valence-corrected chi connectivity index (χ1v) is 10.8. The van der Waals surface area contributed by atoms with Gasteiger partial charge in [0.15, 0.2) is 0 Å². The molecular formula is C22H23ClN6O2. The predicted molar refractivity (Wildman–Crippen MR) is 117 cm³/mol. The maximum absolute atomic E-state index is 11.3. The van der Waals surface area contributed by atoms with E-state index in [-0.39, 0.29) is 12.0 Å². The van der Waals surface area contributed by atoms with Crippen molar-refractivity contribution in [3.8, 4) is 5.69 Å². The Morgan fingerprint density at radius 3 is 2.71 bits per heavy atom. The van der Waals surface area contributed by atoms with Crippen LogP contribution >= 0.6 is 11.6 Å². The number of hydrogen-bond donors (Lipinski definition) is 2. The molecule has 0 aliphatic carbocycles. The lowest BCUT2D eigenvalue weighted by molar-refractivity contribution is 0.189. The summed E-state index contributed by atoms with van der Waals surface area (Å²) in [5.41, 5.74) is 1.98. The summed E-state index contributed by atoms with van der Waals surface area (Å²) in [6.45, 7) is 1.81. The maximum Gasteiger partial charge on any atom is 0.404 e. The number of nitrogens with zero attached hydrogens (tertiary/aromatic N) is 5. The number of benzene rings is 1. The molecule has 8 nitrogen and oxygen atoms in total. The van der Waals surface area contributed by atoms with Crippen LogP contribution in [0.1, 0.15) is 36.0 Å². The van der Waals surface area contributed by atoms with Crippen LogP contribution in [-0.4, -0.2) is 50.1 Å². The molecule has 9 heteroatoms. The number of carboxylic acid groups (broad SMARTS) is 1. The van der Waals surface area contributed by atoms with E-state index >= 15 is 0 Å². The van der Waals surface area contributed by atoms with Crippen molar-refractivity contribution >= 4 is 23.5 Å². The first kappa shape index (κ1) is 19.8. The number of rotatable bonds is 3. The van der Waals surface area contributed by atoms with Crippen molar-refractivity contribution in [2.24, 2.45) is 0 Å². The lowest BCUT2D eigenvalue weighted by Crippen LogP contribution is -2.36. The Labute approximate surface area is 184 Å². The lowest BCUT2D eigenvalue weighted by atomic mass is 9.95. The van der Waals surface area contributed by atoms with Crippen molar-refractivity contribution < 1.29 is 9.90 Å². The Hall–Kier alpha value is -3.13. The van der Waals surface area contributed by atoms with E-state index in [1.54, 1.807) is 0 Å². The van der Waals surface area contributed by atoms with E-state index in [0.717, 1.165) is 54.6 Å². The van der Waals surface area contributed by atoms with Crippen molar-refractivity contribution in [1.82, 2.24) is 25.1 Å². The van der Waals surface area contributed by atoms with Crippen molar-refractivity contribution in [3.05, 3.63) is 64.8 Å². The number of halogens is 1. The van der Waals surface area contributed by atoms with Crippen LogP contribution < -0.4 is 10.2 Å². The zero-order valence-electron chi connectivity index (χ0n) is 16.9. The number of aromatic nitrogens is 4. The van der Waals surface area contributed by atoms with Crippen molar-refractivity contribution in [3.63, 3.8) is 0 Å². The zero-order chi connectivity index (χ0) is 21.4. The molecule has 1 atom stereocenters. The standard InChI is InChI=1S/C22H23ClN6O2/c23-16-4-5-18-15(11-16)12-17(25-22(30)31)13-20-26-27-21(29(18)20)14-6-9-28(10-7-14)19-3-1-2-8-24-19/h1-5,8,11,14,17,25H,6-7,9-10,12-13H2,(H,30,31).